The highest BCUT2D eigenvalue weighted by molar-refractivity contribution is 5.95. The van der Waals surface area contributed by atoms with Gasteiger partial charge in [-0.3, -0.25) is 4.79 Å². The van der Waals surface area contributed by atoms with Gasteiger partial charge in [-0.1, -0.05) is 13.0 Å². The van der Waals surface area contributed by atoms with E-state index in [1.54, 1.807) is 6.07 Å². The van der Waals surface area contributed by atoms with Crippen molar-refractivity contribution in [3.63, 3.8) is 0 Å². The Morgan fingerprint density at radius 2 is 2.05 bits per heavy atom. The number of nitrogens with zero attached hydrogens (tertiary/aromatic N) is 2. The van der Waals surface area contributed by atoms with Gasteiger partial charge in [0.05, 0.1) is 7.11 Å². The van der Waals surface area contributed by atoms with E-state index in [1.165, 1.54) is 19.2 Å². The summed E-state index contributed by atoms with van der Waals surface area (Å²) in [6, 6.07) is 5.76. The fraction of sp³-hybridized carbons (Fsp3) is 0.520. The zero-order chi connectivity index (χ0) is 26.7. The molecule has 7 nitrogen and oxygen atoms in total. The second-order valence-corrected chi connectivity index (χ2v) is 9.98. The molecule has 0 saturated carbocycles. The number of nitrogens with one attached hydrogen (secondary N) is 2. The van der Waals surface area contributed by atoms with Gasteiger partial charge in [-0.25, -0.2) is 9.37 Å². The molecule has 0 aliphatic carbocycles. The molecule has 1 amide bonds. The molecule has 4 heterocycles. The molecule has 0 unspecified atom stereocenters. The molecular weight excluding hydrogens is 499 g/mol. The summed E-state index contributed by atoms with van der Waals surface area (Å²) < 4.78 is 81.2. The summed E-state index contributed by atoms with van der Waals surface area (Å²) in [5.74, 6) is -5.94. The molecule has 3 aliphatic rings. The first-order valence-electron chi connectivity index (χ1n) is 12.0. The summed E-state index contributed by atoms with van der Waals surface area (Å²) in [5, 5.41) is 6.04. The molecule has 0 radical (unpaired) electrons. The summed E-state index contributed by atoms with van der Waals surface area (Å²) in [7, 11) is 1.08. The number of methoxy groups -OCH3 is 1. The van der Waals surface area contributed by atoms with Gasteiger partial charge in [-0.05, 0) is 25.5 Å². The molecule has 37 heavy (non-hydrogen) atoms. The summed E-state index contributed by atoms with van der Waals surface area (Å²) in [4.78, 5) is 19.9. The van der Waals surface area contributed by atoms with Crippen molar-refractivity contribution in [2.24, 2.45) is 5.92 Å². The van der Waals surface area contributed by atoms with Crippen molar-refractivity contribution in [2.45, 2.75) is 56.2 Å². The third-order valence-electron chi connectivity index (χ3n) is 7.93. The van der Waals surface area contributed by atoms with Gasteiger partial charge in [-0.15, -0.1) is 0 Å². The Balaban J connectivity index is 1.47. The number of piperazine rings is 1. The SMILES string of the molecule is COc1c([C@H]2[C@H](C(=O)Nc3ccnc(N4C[C@H]5C[C@@H]4CN5)c3)O[C@@](C)(C(F)(F)F)[C@H]2C)ccc(F)c1F. The van der Waals surface area contributed by atoms with Crippen molar-refractivity contribution in [3.8, 4) is 5.75 Å². The molecule has 3 fully saturated rings. The zero-order valence-corrected chi connectivity index (χ0v) is 20.4. The second-order valence-electron chi connectivity index (χ2n) is 9.98. The number of hydrogen-bond acceptors (Lipinski definition) is 6. The van der Waals surface area contributed by atoms with Crippen molar-refractivity contribution in [1.29, 1.82) is 0 Å². The maximum Gasteiger partial charge on any atom is 0.417 e. The monoisotopic (exact) mass is 526 g/mol. The first-order valence-corrected chi connectivity index (χ1v) is 12.0. The highest BCUT2D eigenvalue weighted by Gasteiger charge is 2.66. The summed E-state index contributed by atoms with van der Waals surface area (Å²) in [6.07, 6.45) is -4.00. The van der Waals surface area contributed by atoms with Crippen LogP contribution in [-0.2, 0) is 9.53 Å². The molecule has 0 spiro atoms. The van der Waals surface area contributed by atoms with Crippen LogP contribution in [0.15, 0.2) is 30.5 Å². The Morgan fingerprint density at radius 3 is 2.68 bits per heavy atom. The molecule has 2 aromatic rings. The number of rotatable bonds is 5. The first kappa shape index (κ1) is 25.7. The van der Waals surface area contributed by atoms with Crippen LogP contribution in [0.1, 0.15) is 31.7 Å². The van der Waals surface area contributed by atoms with E-state index in [-0.39, 0.29) is 11.6 Å². The van der Waals surface area contributed by atoms with E-state index in [0.29, 0.717) is 17.5 Å². The van der Waals surface area contributed by atoms with E-state index in [9.17, 15) is 26.7 Å². The maximum atomic E-state index is 14.5. The molecule has 3 saturated heterocycles. The van der Waals surface area contributed by atoms with Gasteiger partial charge in [0, 0.05) is 60.5 Å². The number of hydrogen-bond donors (Lipinski definition) is 2. The molecule has 2 bridgehead atoms. The molecule has 12 heteroatoms. The van der Waals surface area contributed by atoms with Crippen LogP contribution in [0, 0.1) is 17.6 Å². The number of carbonyl (C=O) groups is 1. The number of pyridine rings is 1. The lowest BCUT2D eigenvalue weighted by molar-refractivity contribution is -0.272. The quantitative estimate of drug-likeness (QED) is 0.574. The number of halogens is 5. The van der Waals surface area contributed by atoms with E-state index in [2.05, 4.69) is 20.5 Å². The van der Waals surface area contributed by atoms with E-state index in [4.69, 9.17) is 9.47 Å². The highest BCUT2D eigenvalue weighted by atomic mass is 19.4. The number of amides is 1. The van der Waals surface area contributed by atoms with Crippen molar-refractivity contribution in [2.75, 3.05) is 30.4 Å². The standard InChI is InChI=1S/C25H27F5N4O3/c1-12-19(16-4-5-17(26)20(27)21(16)36-3)22(37-24(12,2)25(28,29)30)23(35)33-13-6-7-31-18(9-13)34-11-14-8-15(34)10-32-14/h4-7,9,12,14-15,19,22,32H,8,10-11H2,1-3H3,(H,31,33,35)/t12-,14+,15+,19-,22+,24+/m0/s1. The fourth-order valence-corrected chi connectivity index (χ4v) is 5.75. The van der Waals surface area contributed by atoms with Crippen LogP contribution >= 0.6 is 0 Å². The number of carbonyl (C=O) groups excluding carboxylic acids is 1. The van der Waals surface area contributed by atoms with Gasteiger partial charge in [0.15, 0.2) is 17.2 Å². The number of aromatic nitrogens is 1. The zero-order valence-electron chi connectivity index (χ0n) is 20.4. The Morgan fingerprint density at radius 1 is 1.30 bits per heavy atom. The van der Waals surface area contributed by atoms with Crippen LogP contribution in [0.2, 0.25) is 0 Å². The van der Waals surface area contributed by atoms with Crippen molar-refractivity contribution in [3.05, 3.63) is 47.7 Å². The van der Waals surface area contributed by atoms with Crippen LogP contribution < -0.4 is 20.3 Å². The average molecular weight is 527 g/mol. The number of alkyl halides is 3. The first-order chi connectivity index (χ1) is 17.4. The van der Waals surface area contributed by atoms with Gasteiger partial charge in [0.1, 0.15) is 11.9 Å². The highest BCUT2D eigenvalue weighted by Crippen LogP contribution is 2.55. The number of anilines is 2. The Labute approximate surface area is 210 Å². The van der Waals surface area contributed by atoms with E-state index in [1.807, 2.05) is 0 Å². The lowest BCUT2D eigenvalue weighted by atomic mass is 9.77. The van der Waals surface area contributed by atoms with E-state index >= 15 is 0 Å². The lowest BCUT2D eigenvalue weighted by Gasteiger charge is -2.32. The minimum absolute atomic E-state index is 0.0852. The summed E-state index contributed by atoms with van der Waals surface area (Å²) in [5.41, 5.74) is -2.47. The molecule has 200 valence electrons. The van der Waals surface area contributed by atoms with E-state index in [0.717, 1.165) is 45.7 Å². The van der Waals surface area contributed by atoms with Gasteiger partial charge >= 0.3 is 6.18 Å². The second kappa shape index (κ2) is 9.09. The largest absolute Gasteiger partial charge is 0.493 e. The van der Waals surface area contributed by atoms with Gasteiger partial charge < -0.3 is 25.0 Å². The average Bonchev–Trinajstić information content (AvgIpc) is 3.55. The fourth-order valence-electron chi connectivity index (χ4n) is 5.75. The minimum atomic E-state index is -4.83. The normalized spacial score (nSPS) is 31.1. The van der Waals surface area contributed by atoms with Crippen LogP contribution in [0.4, 0.5) is 33.5 Å². The third-order valence-corrected chi connectivity index (χ3v) is 7.93. The van der Waals surface area contributed by atoms with Crippen molar-refractivity contribution < 1.29 is 36.2 Å². The Kier molecular flexibility index (Phi) is 6.30. The molecule has 1 aromatic heterocycles. The smallest absolute Gasteiger partial charge is 0.417 e. The van der Waals surface area contributed by atoms with Crippen molar-refractivity contribution >= 4 is 17.4 Å². The van der Waals surface area contributed by atoms with Gasteiger partial charge in [0.25, 0.3) is 5.91 Å². The van der Waals surface area contributed by atoms with Crippen molar-refractivity contribution in [1.82, 2.24) is 10.3 Å². The number of fused-ring (bicyclic) bond motifs is 2. The van der Waals surface area contributed by atoms with E-state index < -0.39 is 53.0 Å². The third kappa shape index (κ3) is 4.19. The lowest BCUT2D eigenvalue weighted by Crippen LogP contribution is -2.47. The molecule has 6 atom stereocenters. The topological polar surface area (TPSA) is 75.7 Å². The predicted molar refractivity (Wildman–Crippen MR) is 125 cm³/mol. The molecule has 2 N–H and O–H groups in total. The number of ether oxygens (including phenoxy) is 2. The summed E-state index contributed by atoms with van der Waals surface area (Å²) in [6.45, 7) is 3.71. The predicted octanol–water partition coefficient (Wildman–Crippen LogP) is 4.00. The minimum Gasteiger partial charge on any atom is -0.493 e. The molecular formula is C25H27F5N4O3. The van der Waals surface area contributed by atoms with Gasteiger partial charge in [-0.2, -0.15) is 17.6 Å². The maximum absolute atomic E-state index is 14.5. The Bertz CT molecular complexity index is 1210. The Hall–Kier alpha value is -2.99. The van der Waals surface area contributed by atoms with Crippen LogP contribution in [0.25, 0.3) is 0 Å². The van der Waals surface area contributed by atoms with Gasteiger partial charge in [0.2, 0.25) is 5.82 Å². The molecule has 3 aliphatic heterocycles. The van der Waals surface area contributed by atoms with Crippen LogP contribution in [0.5, 0.6) is 5.75 Å². The van der Waals surface area contributed by atoms with Crippen LogP contribution in [0.3, 0.4) is 0 Å². The summed E-state index contributed by atoms with van der Waals surface area (Å²) >= 11 is 0. The molecule has 1 aromatic carbocycles. The number of benzene rings is 1. The van der Waals surface area contributed by atoms with Crippen LogP contribution in [-0.4, -0.2) is 61.1 Å². The molecule has 5 rings (SSSR count).